The van der Waals surface area contributed by atoms with E-state index in [1.54, 1.807) is 12.1 Å². The maximum Gasteiger partial charge on any atom is 0.389 e. The molecule has 1 rings (SSSR count). The molecule has 2 nitrogen and oxygen atoms in total. The minimum Gasteiger partial charge on any atom is -0.417 e. The molecule has 1 unspecified atom stereocenters. The zero-order valence-electron chi connectivity index (χ0n) is 11.9. The molecule has 1 aromatic carbocycles. The molecule has 0 N–H and O–H groups in total. The largest absolute Gasteiger partial charge is 0.417 e. The van der Waals surface area contributed by atoms with Gasteiger partial charge in [-0.2, -0.15) is 0 Å². The van der Waals surface area contributed by atoms with Crippen LogP contribution in [0, 0.1) is 11.8 Å². The van der Waals surface area contributed by atoms with Crippen LogP contribution in [0.4, 0.5) is 0 Å². The number of halogens is 1. The third kappa shape index (κ3) is 8.21. The molecule has 1 atom stereocenters. The van der Waals surface area contributed by atoms with Crippen LogP contribution >= 0.6 is 22.6 Å². The van der Waals surface area contributed by atoms with Crippen molar-refractivity contribution in [3.8, 4) is 17.6 Å². The lowest BCUT2D eigenvalue weighted by Crippen LogP contribution is -2.05. The van der Waals surface area contributed by atoms with Crippen LogP contribution in [0.3, 0.4) is 0 Å². The highest BCUT2D eigenvalue weighted by molar-refractivity contribution is 14.1. The Bertz CT molecular complexity index is 445. The minimum absolute atomic E-state index is 0.220. The highest BCUT2D eigenvalue weighted by atomic mass is 127. The quantitative estimate of drug-likeness (QED) is 0.129. The van der Waals surface area contributed by atoms with Crippen LogP contribution in [0.25, 0.3) is 0 Å². The topological polar surface area (TPSA) is 26.3 Å². The predicted molar refractivity (Wildman–Crippen MR) is 91.0 cm³/mol. The maximum absolute atomic E-state index is 11.5. The molecule has 0 radical (unpaired) electrons. The molecule has 0 saturated carbocycles. The number of unbranched alkanes of at least 4 members (excludes halogenated alkanes) is 4. The van der Waals surface area contributed by atoms with Gasteiger partial charge in [-0.05, 0) is 18.6 Å². The summed E-state index contributed by atoms with van der Waals surface area (Å²) in [6, 6.07) is 9.02. The molecule has 0 bridgehead atoms. The molecular formula is C17H21IO2. The SMILES string of the molecule is CCCCCCCC(I)C#CC(=O)Oc1ccccc1. The Morgan fingerprint density at radius 3 is 2.60 bits per heavy atom. The Labute approximate surface area is 135 Å². The summed E-state index contributed by atoms with van der Waals surface area (Å²) in [4.78, 5) is 11.5. The number of esters is 1. The summed E-state index contributed by atoms with van der Waals surface area (Å²) >= 11 is 2.29. The number of carbonyl (C=O) groups is 1. The summed E-state index contributed by atoms with van der Waals surface area (Å²) < 4.78 is 5.33. The molecule has 0 aliphatic heterocycles. The first-order valence-corrected chi connectivity index (χ1v) is 8.39. The fourth-order valence-electron chi connectivity index (χ4n) is 1.76. The lowest BCUT2D eigenvalue weighted by Gasteiger charge is -2.02. The summed E-state index contributed by atoms with van der Waals surface area (Å²) in [6.07, 6.45) is 7.33. The lowest BCUT2D eigenvalue weighted by molar-refractivity contribution is -0.128. The standard InChI is InChI=1S/C17H21IO2/c1-2-3-4-5-7-10-15(18)13-14-17(19)20-16-11-8-6-9-12-16/h6,8-9,11-12,15H,2-5,7,10H2,1H3. The van der Waals surface area contributed by atoms with E-state index >= 15 is 0 Å². The van der Waals surface area contributed by atoms with Gasteiger partial charge in [-0.1, -0.05) is 85.7 Å². The number of benzene rings is 1. The van der Waals surface area contributed by atoms with Crippen molar-refractivity contribution in [3.63, 3.8) is 0 Å². The molecule has 1 aromatic rings. The van der Waals surface area contributed by atoms with Crippen molar-refractivity contribution in [1.82, 2.24) is 0 Å². The van der Waals surface area contributed by atoms with Gasteiger partial charge >= 0.3 is 5.97 Å². The number of hydrogen-bond acceptors (Lipinski definition) is 2. The number of para-hydroxylation sites is 1. The third-order valence-corrected chi connectivity index (χ3v) is 3.78. The smallest absolute Gasteiger partial charge is 0.389 e. The van der Waals surface area contributed by atoms with Gasteiger partial charge in [-0.15, -0.1) is 0 Å². The van der Waals surface area contributed by atoms with E-state index < -0.39 is 5.97 Å². The van der Waals surface area contributed by atoms with E-state index in [2.05, 4.69) is 41.4 Å². The second kappa shape index (κ2) is 10.7. The molecule has 0 amide bonds. The zero-order chi connectivity index (χ0) is 14.6. The van der Waals surface area contributed by atoms with Gasteiger partial charge in [0.2, 0.25) is 0 Å². The summed E-state index contributed by atoms with van der Waals surface area (Å²) in [6.45, 7) is 2.21. The van der Waals surface area contributed by atoms with Gasteiger partial charge in [0.05, 0.1) is 3.92 Å². The lowest BCUT2D eigenvalue weighted by atomic mass is 10.1. The second-order valence-electron chi connectivity index (χ2n) is 4.64. The maximum atomic E-state index is 11.5. The number of rotatable bonds is 7. The van der Waals surface area contributed by atoms with Gasteiger partial charge in [0.1, 0.15) is 5.75 Å². The highest BCUT2D eigenvalue weighted by Crippen LogP contribution is 2.12. The number of ether oxygens (including phenoxy) is 1. The van der Waals surface area contributed by atoms with Gasteiger partial charge in [0.15, 0.2) is 0 Å². The summed E-state index contributed by atoms with van der Waals surface area (Å²) in [5.74, 6) is 5.58. The van der Waals surface area contributed by atoms with E-state index in [9.17, 15) is 4.79 Å². The Hall–Kier alpha value is -1.02. The Balaban J connectivity index is 2.24. The molecule has 0 aromatic heterocycles. The number of hydrogen-bond donors (Lipinski definition) is 0. The van der Waals surface area contributed by atoms with Crippen molar-refractivity contribution in [2.75, 3.05) is 0 Å². The molecule has 0 heterocycles. The average Bonchev–Trinajstić information content (AvgIpc) is 2.46. The summed E-state index contributed by atoms with van der Waals surface area (Å²) in [5.41, 5.74) is 0. The van der Waals surface area contributed by atoms with Crippen molar-refractivity contribution < 1.29 is 9.53 Å². The first-order chi connectivity index (χ1) is 9.72. The van der Waals surface area contributed by atoms with Gasteiger partial charge in [-0.3, -0.25) is 0 Å². The summed E-state index contributed by atoms with van der Waals surface area (Å²) in [7, 11) is 0. The van der Waals surface area contributed by atoms with E-state index in [0.29, 0.717) is 5.75 Å². The first kappa shape index (κ1) is 17.0. The van der Waals surface area contributed by atoms with E-state index in [0.717, 1.165) is 6.42 Å². The van der Waals surface area contributed by atoms with Crippen LogP contribution < -0.4 is 4.74 Å². The van der Waals surface area contributed by atoms with Crippen LogP contribution in [0.1, 0.15) is 45.4 Å². The molecule has 108 valence electrons. The van der Waals surface area contributed by atoms with E-state index in [1.807, 2.05) is 18.2 Å². The molecule has 0 spiro atoms. The Morgan fingerprint density at radius 2 is 1.90 bits per heavy atom. The third-order valence-electron chi connectivity index (χ3n) is 2.85. The van der Waals surface area contributed by atoms with Gasteiger partial charge in [-0.25, -0.2) is 4.79 Å². The molecule has 20 heavy (non-hydrogen) atoms. The van der Waals surface area contributed by atoms with E-state index in [-0.39, 0.29) is 3.92 Å². The normalized spacial score (nSPS) is 11.3. The molecule has 0 saturated heterocycles. The highest BCUT2D eigenvalue weighted by Gasteiger charge is 2.02. The first-order valence-electron chi connectivity index (χ1n) is 7.15. The van der Waals surface area contributed by atoms with Crippen molar-refractivity contribution >= 4 is 28.6 Å². The number of alkyl halides is 1. The van der Waals surface area contributed by atoms with Gasteiger partial charge in [0.25, 0.3) is 0 Å². The van der Waals surface area contributed by atoms with Crippen molar-refractivity contribution in [2.45, 2.75) is 49.4 Å². The van der Waals surface area contributed by atoms with Crippen LogP contribution in [-0.4, -0.2) is 9.89 Å². The fourth-order valence-corrected chi connectivity index (χ4v) is 2.35. The molecule has 3 heteroatoms. The van der Waals surface area contributed by atoms with Gasteiger partial charge < -0.3 is 4.74 Å². The Morgan fingerprint density at radius 1 is 1.20 bits per heavy atom. The van der Waals surface area contributed by atoms with Crippen molar-refractivity contribution in [3.05, 3.63) is 30.3 Å². The van der Waals surface area contributed by atoms with Crippen LogP contribution in [0.2, 0.25) is 0 Å². The fraction of sp³-hybridized carbons (Fsp3) is 0.471. The molecule has 0 aliphatic carbocycles. The predicted octanol–water partition coefficient (Wildman–Crippen LogP) is 4.76. The molecule has 0 fully saturated rings. The van der Waals surface area contributed by atoms with Gasteiger partial charge in [0, 0.05) is 5.92 Å². The van der Waals surface area contributed by atoms with Crippen molar-refractivity contribution in [1.29, 1.82) is 0 Å². The van der Waals surface area contributed by atoms with E-state index in [1.165, 1.54) is 32.1 Å². The Kier molecular flexibility index (Phi) is 9.14. The second-order valence-corrected chi connectivity index (χ2v) is 6.15. The average molecular weight is 384 g/mol. The van der Waals surface area contributed by atoms with Crippen LogP contribution in [0.5, 0.6) is 5.75 Å². The van der Waals surface area contributed by atoms with E-state index in [4.69, 9.17) is 4.74 Å². The monoisotopic (exact) mass is 384 g/mol. The number of carbonyl (C=O) groups excluding carboxylic acids is 1. The zero-order valence-corrected chi connectivity index (χ0v) is 14.1. The van der Waals surface area contributed by atoms with Crippen LogP contribution in [-0.2, 0) is 4.79 Å². The van der Waals surface area contributed by atoms with Crippen molar-refractivity contribution in [2.24, 2.45) is 0 Å². The molecular weight excluding hydrogens is 363 g/mol. The van der Waals surface area contributed by atoms with Crippen LogP contribution in [0.15, 0.2) is 30.3 Å². The minimum atomic E-state index is -0.483. The molecule has 0 aliphatic rings. The summed E-state index contributed by atoms with van der Waals surface area (Å²) in [5, 5.41) is 0.